The van der Waals surface area contributed by atoms with Gasteiger partial charge >= 0.3 is 0 Å². The van der Waals surface area contributed by atoms with Crippen molar-refractivity contribution in [1.82, 2.24) is 4.90 Å². The SMILES string of the molecule is COc1cccc(N2CCN(C(=O)c3ccc(Oc4cc(C(C)C)ccc4C)o3)CC2C)c1. The third-order valence-corrected chi connectivity index (χ3v) is 6.18. The Hall–Kier alpha value is -3.41. The summed E-state index contributed by atoms with van der Waals surface area (Å²) >= 11 is 0. The van der Waals surface area contributed by atoms with E-state index in [1.54, 1.807) is 19.2 Å². The lowest BCUT2D eigenvalue weighted by atomic mass is 10.0. The highest BCUT2D eigenvalue weighted by Gasteiger charge is 2.29. The van der Waals surface area contributed by atoms with Crippen LogP contribution in [-0.4, -0.2) is 43.6 Å². The number of carbonyl (C=O) groups is 1. The number of nitrogens with zero attached hydrogens (tertiary/aromatic N) is 2. The predicted molar refractivity (Wildman–Crippen MR) is 130 cm³/mol. The minimum absolute atomic E-state index is 0.116. The van der Waals surface area contributed by atoms with E-state index >= 15 is 0 Å². The molecule has 0 saturated carbocycles. The third-order valence-electron chi connectivity index (χ3n) is 6.18. The summed E-state index contributed by atoms with van der Waals surface area (Å²) in [5, 5.41) is 0. The molecule has 1 aliphatic rings. The van der Waals surface area contributed by atoms with Gasteiger partial charge in [0.1, 0.15) is 11.5 Å². The molecule has 0 N–H and O–H groups in total. The molecule has 1 amide bonds. The van der Waals surface area contributed by atoms with Crippen LogP contribution in [0.3, 0.4) is 0 Å². The Morgan fingerprint density at radius 2 is 1.91 bits per heavy atom. The van der Waals surface area contributed by atoms with Gasteiger partial charge in [0.25, 0.3) is 11.9 Å². The summed E-state index contributed by atoms with van der Waals surface area (Å²) in [6, 6.07) is 17.8. The average molecular weight is 449 g/mol. The van der Waals surface area contributed by atoms with Crippen LogP contribution < -0.4 is 14.4 Å². The number of carbonyl (C=O) groups excluding carboxylic acids is 1. The van der Waals surface area contributed by atoms with Crippen molar-refractivity contribution in [2.75, 3.05) is 31.6 Å². The Labute approximate surface area is 195 Å². The number of ether oxygens (including phenoxy) is 2. The maximum atomic E-state index is 13.1. The number of benzene rings is 2. The number of hydrogen-bond acceptors (Lipinski definition) is 5. The lowest BCUT2D eigenvalue weighted by molar-refractivity contribution is 0.0689. The fraction of sp³-hybridized carbons (Fsp3) is 0.370. The first-order valence-electron chi connectivity index (χ1n) is 11.4. The van der Waals surface area contributed by atoms with Gasteiger partial charge in [-0.15, -0.1) is 0 Å². The Morgan fingerprint density at radius 1 is 1.09 bits per heavy atom. The van der Waals surface area contributed by atoms with Crippen LogP contribution in [-0.2, 0) is 0 Å². The van der Waals surface area contributed by atoms with Crippen LogP contribution in [0.25, 0.3) is 0 Å². The highest BCUT2D eigenvalue weighted by Crippen LogP contribution is 2.31. The van der Waals surface area contributed by atoms with Crippen molar-refractivity contribution in [2.24, 2.45) is 0 Å². The molecular weight excluding hydrogens is 416 g/mol. The minimum atomic E-state index is -0.116. The first-order valence-corrected chi connectivity index (χ1v) is 11.4. The molecule has 6 nitrogen and oxygen atoms in total. The molecule has 4 rings (SSSR count). The van der Waals surface area contributed by atoms with Gasteiger partial charge in [0.15, 0.2) is 5.76 Å². The summed E-state index contributed by atoms with van der Waals surface area (Å²) in [7, 11) is 1.67. The number of methoxy groups -OCH3 is 1. The highest BCUT2D eigenvalue weighted by molar-refractivity contribution is 5.92. The molecule has 174 valence electrons. The van der Waals surface area contributed by atoms with Crippen molar-refractivity contribution in [3.63, 3.8) is 0 Å². The van der Waals surface area contributed by atoms with E-state index in [0.29, 0.717) is 30.7 Å². The zero-order valence-corrected chi connectivity index (χ0v) is 20.0. The Bertz CT molecular complexity index is 1120. The monoisotopic (exact) mass is 448 g/mol. The van der Waals surface area contributed by atoms with Crippen LogP contribution >= 0.6 is 0 Å². The average Bonchev–Trinajstić information content (AvgIpc) is 3.28. The molecule has 1 atom stereocenters. The molecule has 3 aromatic rings. The molecule has 6 heteroatoms. The van der Waals surface area contributed by atoms with Gasteiger partial charge in [-0.25, -0.2) is 0 Å². The van der Waals surface area contributed by atoms with E-state index < -0.39 is 0 Å². The van der Waals surface area contributed by atoms with E-state index in [0.717, 1.165) is 29.3 Å². The van der Waals surface area contributed by atoms with Crippen LogP contribution in [0.2, 0.25) is 0 Å². The molecule has 0 aliphatic carbocycles. The lowest BCUT2D eigenvalue weighted by Gasteiger charge is -2.41. The molecular formula is C27H32N2O4. The number of furan rings is 1. The quantitative estimate of drug-likeness (QED) is 0.473. The van der Waals surface area contributed by atoms with Crippen molar-refractivity contribution in [3.05, 3.63) is 71.5 Å². The fourth-order valence-corrected chi connectivity index (χ4v) is 4.15. The molecule has 0 radical (unpaired) electrons. The molecule has 1 aliphatic heterocycles. The molecule has 1 fully saturated rings. The van der Waals surface area contributed by atoms with Gasteiger partial charge in [0.2, 0.25) is 0 Å². The van der Waals surface area contributed by atoms with E-state index in [9.17, 15) is 4.79 Å². The van der Waals surface area contributed by atoms with E-state index in [2.05, 4.69) is 37.8 Å². The zero-order valence-electron chi connectivity index (χ0n) is 20.0. The van der Waals surface area contributed by atoms with Gasteiger partial charge < -0.3 is 23.7 Å². The summed E-state index contributed by atoms with van der Waals surface area (Å²) in [5.74, 6) is 2.48. The highest BCUT2D eigenvalue weighted by atomic mass is 16.6. The summed E-state index contributed by atoms with van der Waals surface area (Å²) in [4.78, 5) is 17.2. The van der Waals surface area contributed by atoms with Crippen molar-refractivity contribution in [1.29, 1.82) is 0 Å². The van der Waals surface area contributed by atoms with E-state index in [4.69, 9.17) is 13.9 Å². The molecule has 2 aromatic carbocycles. The van der Waals surface area contributed by atoms with E-state index in [-0.39, 0.29) is 11.9 Å². The van der Waals surface area contributed by atoms with Crippen LogP contribution in [0.1, 0.15) is 48.4 Å². The fourth-order valence-electron chi connectivity index (χ4n) is 4.15. The van der Waals surface area contributed by atoms with Gasteiger partial charge in [-0.3, -0.25) is 4.79 Å². The second-order valence-electron chi connectivity index (χ2n) is 8.90. The third kappa shape index (κ3) is 5.00. The Morgan fingerprint density at radius 3 is 2.64 bits per heavy atom. The lowest BCUT2D eigenvalue weighted by Crippen LogP contribution is -2.53. The number of hydrogen-bond donors (Lipinski definition) is 0. The molecule has 1 saturated heterocycles. The molecule has 0 spiro atoms. The summed E-state index contributed by atoms with van der Waals surface area (Å²) < 4.78 is 17.1. The van der Waals surface area contributed by atoms with Gasteiger partial charge in [0.05, 0.1) is 7.11 Å². The normalized spacial score (nSPS) is 16.2. The van der Waals surface area contributed by atoms with E-state index in [1.807, 2.05) is 42.2 Å². The summed E-state index contributed by atoms with van der Waals surface area (Å²) in [6.45, 7) is 10.4. The minimum Gasteiger partial charge on any atom is -0.497 e. The topological polar surface area (TPSA) is 55.2 Å². The maximum Gasteiger partial charge on any atom is 0.290 e. The molecule has 0 bridgehead atoms. The standard InChI is InChI=1S/C27H32N2O4/c1-18(2)21-10-9-19(3)25(15-21)33-26-12-11-24(32-26)27(30)28-13-14-29(20(4)17-28)22-7-6-8-23(16-22)31-5/h6-12,15-16,18,20H,13-14,17H2,1-5H3. The number of amides is 1. The summed E-state index contributed by atoms with van der Waals surface area (Å²) in [6.07, 6.45) is 0. The maximum absolute atomic E-state index is 13.1. The predicted octanol–water partition coefficient (Wildman–Crippen LogP) is 5.86. The Kier molecular flexibility index (Phi) is 6.63. The van der Waals surface area contributed by atoms with Gasteiger partial charge in [-0.1, -0.05) is 32.0 Å². The first-order chi connectivity index (χ1) is 15.9. The molecule has 1 unspecified atom stereocenters. The van der Waals surface area contributed by atoms with Crippen molar-refractivity contribution in [3.8, 4) is 17.4 Å². The smallest absolute Gasteiger partial charge is 0.290 e. The van der Waals surface area contributed by atoms with Crippen LogP contribution in [0.4, 0.5) is 5.69 Å². The van der Waals surface area contributed by atoms with Gasteiger partial charge in [-0.05, 0) is 55.2 Å². The van der Waals surface area contributed by atoms with E-state index in [1.165, 1.54) is 5.56 Å². The van der Waals surface area contributed by atoms with Gasteiger partial charge in [0, 0.05) is 43.5 Å². The second kappa shape index (κ2) is 9.61. The molecule has 33 heavy (non-hydrogen) atoms. The number of aryl methyl sites for hydroxylation is 1. The molecule has 1 aromatic heterocycles. The number of rotatable bonds is 6. The van der Waals surface area contributed by atoms with Crippen molar-refractivity contribution in [2.45, 2.75) is 39.7 Å². The Balaban J connectivity index is 1.42. The second-order valence-corrected chi connectivity index (χ2v) is 8.90. The van der Waals surface area contributed by atoms with Gasteiger partial charge in [-0.2, -0.15) is 0 Å². The first kappa shape index (κ1) is 22.8. The van der Waals surface area contributed by atoms with Crippen LogP contribution in [0.5, 0.6) is 17.4 Å². The summed E-state index contributed by atoms with van der Waals surface area (Å²) in [5.41, 5.74) is 3.31. The number of piperazine rings is 1. The van der Waals surface area contributed by atoms with Crippen LogP contribution in [0.15, 0.2) is 59.0 Å². The zero-order chi connectivity index (χ0) is 23.5. The molecule has 2 heterocycles. The largest absolute Gasteiger partial charge is 0.497 e. The number of anilines is 1. The van der Waals surface area contributed by atoms with Crippen LogP contribution in [0, 0.1) is 6.92 Å². The van der Waals surface area contributed by atoms with Crippen molar-refractivity contribution >= 4 is 11.6 Å². The van der Waals surface area contributed by atoms with Crippen molar-refractivity contribution < 1.29 is 18.7 Å².